The van der Waals surface area contributed by atoms with Crippen LogP contribution < -0.4 is 10.6 Å². The number of nitrogens with zero attached hydrogens (tertiary/aromatic N) is 2. The van der Waals surface area contributed by atoms with Gasteiger partial charge in [0.15, 0.2) is 5.82 Å². The van der Waals surface area contributed by atoms with Crippen molar-refractivity contribution in [1.82, 2.24) is 20.8 Å². The van der Waals surface area contributed by atoms with Crippen LogP contribution in [-0.4, -0.2) is 27.8 Å². The molecule has 0 aliphatic rings. The van der Waals surface area contributed by atoms with E-state index in [2.05, 4.69) is 20.8 Å². The number of aromatic nitrogens is 2. The Morgan fingerprint density at radius 2 is 2.10 bits per heavy atom. The molecule has 0 bridgehead atoms. The predicted octanol–water partition coefficient (Wildman–Crippen LogP) is 1.30. The third-order valence-electron chi connectivity index (χ3n) is 2.86. The quantitative estimate of drug-likeness (QED) is 0.744. The number of amides is 2. The van der Waals surface area contributed by atoms with Crippen LogP contribution in [0.5, 0.6) is 0 Å². The zero-order valence-electron chi connectivity index (χ0n) is 11.7. The highest BCUT2D eigenvalue weighted by molar-refractivity contribution is 5.73. The van der Waals surface area contributed by atoms with Gasteiger partial charge in [-0.15, -0.1) is 0 Å². The summed E-state index contributed by atoms with van der Waals surface area (Å²) in [6, 6.07) is 8.99. The topological polar surface area (TPSA) is 100 Å². The van der Waals surface area contributed by atoms with Gasteiger partial charge in [-0.05, 0) is 12.0 Å². The van der Waals surface area contributed by atoms with E-state index in [9.17, 15) is 9.90 Å². The molecule has 2 rings (SSSR count). The Bertz CT molecular complexity index is 571. The second kappa shape index (κ2) is 7.39. The van der Waals surface area contributed by atoms with E-state index in [1.54, 1.807) is 6.92 Å². The minimum atomic E-state index is -0.591. The number of hydrogen-bond donors (Lipinski definition) is 3. The fourth-order valence-corrected chi connectivity index (χ4v) is 1.80. The van der Waals surface area contributed by atoms with E-state index in [1.165, 1.54) is 0 Å². The van der Waals surface area contributed by atoms with Gasteiger partial charge in [0.25, 0.3) is 0 Å². The summed E-state index contributed by atoms with van der Waals surface area (Å²) in [6.45, 7) is 2.25. The lowest BCUT2D eigenvalue weighted by molar-refractivity contribution is 0.167. The van der Waals surface area contributed by atoms with Crippen molar-refractivity contribution >= 4 is 6.03 Å². The Hall–Kier alpha value is -2.41. The molecular formula is C14H18N4O3. The fraction of sp³-hybridized carbons (Fsp3) is 0.357. The van der Waals surface area contributed by atoms with Gasteiger partial charge in [0.2, 0.25) is 5.89 Å². The molecule has 1 unspecified atom stereocenters. The number of rotatable bonds is 6. The molecule has 2 amide bonds. The summed E-state index contributed by atoms with van der Waals surface area (Å²) in [5.41, 5.74) is 0.835. The van der Waals surface area contributed by atoms with Gasteiger partial charge < -0.3 is 20.3 Å². The molecule has 0 aliphatic heterocycles. The van der Waals surface area contributed by atoms with Crippen LogP contribution in [0.3, 0.4) is 0 Å². The van der Waals surface area contributed by atoms with Crippen molar-refractivity contribution in [3.63, 3.8) is 0 Å². The monoisotopic (exact) mass is 290 g/mol. The molecule has 112 valence electrons. The largest absolute Gasteiger partial charge is 0.388 e. The summed E-state index contributed by atoms with van der Waals surface area (Å²) >= 11 is 0. The Labute approximate surface area is 122 Å². The molecule has 0 radical (unpaired) electrons. The molecule has 0 saturated carbocycles. The third-order valence-corrected chi connectivity index (χ3v) is 2.86. The van der Waals surface area contributed by atoms with Crippen molar-refractivity contribution in [2.45, 2.75) is 26.0 Å². The first-order chi connectivity index (χ1) is 10.1. The van der Waals surface area contributed by atoms with Gasteiger partial charge >= 0.3 is 6.03 Å². The van der Waals surface area contributed by atoms with E-state index in [0.29, 0.717) is 24.7 Å². The number of benzene rings is 1. The van der Waals surface area contributed by atoms with Crippen LogP contribution in [-0.2, 0) is 6.54 Å². The van der Waals surface area contributed by atoms with Crippen LogP contribution in [0, 0.1) is 6.92 Å². The minimum Gasteiger partial charge on any atom is -0.388 e. The van der Waals surface area contributed by atoms with Crippen molar-refractivity contribution in [3.05, 3.63) is 47.6 Å². The number of aryl methyl sites for hydroxylation is 1. The summed E-state index contributed by atoms with van der Waals surface area (Å²) in [5.74, 6) is 0.880. The smallest absolute Gasteiger partial charge is 0.315 e. The van der Waals surface area contributed by atoms with Crippen molar-refractivity contribution in [1.29, 1.82) is 0 Å². The lowest BCUT2D eigenvalue weighted by Crippen LogP contribution is -2.36. The van der Waals surface area contributed by atoms with Crippen LogP contribution in [0.1, 0.15) is 29.8 Å². The van der Waals surface area contributed by atoms with Crippen molar-refractivity contribution < 1.29 is 14.4 Å². The summed E-state index contributed by atoms with van der Waals surface area (Å²) in [7, 11) is 0. The highest BCUT2D eigenvalue weighted by atomic mass is 16.5. The Balaban J connectivity index is 1.65. The molecule has 0 fully saturated rings. The molecule has 1 aromatic heterocycles. The molecule has 1 aromatic carbocycles. The molecule has 0 aliphatic carbocycles. The maximum atomic E-state index is 11.6. The van der Waals surface area contributed by atoms with Gasteiger partial charge in [-0.1, -0.05) is 35.5 Å². The number of aliphatic hydroxyl groups is 1. The van der Waals surface area contributed by atoms with E-state index < -0.39 is 6.10 Å². The number of nitrogens with one attached hydrogen (secondary N) is 2. The Morgan fingerprint density at radius 3 is 2.76 bits per heavy atom. The first-order valence-electron chi connectivity index (χ1n) is 6.69. The SMILES string of the molecule is Cc1nc(CNC(=O)NCCC(O)c2ccccc2)no1. The standard InChI is InChI=1S/C14H18N4O3/c1-10-17-13(18-21-10)9-16-14(20)15-8-7-12(19)11-5-3-2-4-6-11/h2-6,12,19H,7-9H2,1H3,(H2,15,16,20). The van der Waals surface area contributed by atoms with E-state index in [4.69, 9.17) is 4.52 Å². The number of aliphatic hydroxyl groups excluding tert-OH is 1. The van der Waals surface area contributed by atoms with Gasteiger partial charge in [0, 0.05) is 13.5 Å². The second-order valence-electron chi connectivity index (χ2n) is 4.55. The van der Waals surface area contributed by atoms with Gasteiger partial charge in [0.1, 0.15) is 0 Å². The number of hydrogen-bond acceptors (Lipinski definition) is 5. The number of urea groups is 1. The van der Waals surface area contributed by atoms with Gasteiger partial charge in [-0.3, -0.25) is 0 Å². The Kier molecular flexibility index (Phi) is 5.28. The molecule has 7 nitrogen and oxygen atoms in total. The third kappa shape index (κ3) is 4.88. The molecule has 21 heavy (non-hydrogen) atoms. The maximum absolute atomic E-state index is 11.6. The van der Waals surface area contributed by atoms with Gasteiger partial charge in [0.05, 0.1) is 12.6 Å². The molecule has 7 heteroatoms. The van der Waals surface area contributed by atoms with E-state index in [0.717, 1.165) is 5.56 Å². The molecule has 1 atom stereocenters. The second-order valence-corrected chi connectivity index (χ2v) is 4.55. The predicted molar refractivity (Wildman–Crippen MR) is 75.3 cm³/mol. The molecule has 1 heterocycles. The maximum Gasteiger partial charge on any atom is 0.315 e. The average Bonchev–Trinajstić information content (AvgIpc) is 2.91. The van der Waals surface area contributed by atoms with E-state index in [-0.39, 0.29) is 12.6 Å². The average molecular weight is 290 g/mol. The number of carbonyl (C=O) groups is 1. The van der Waals surface area contributed by atoms with Crippen LogP contribution in [0.4, 0.5) is 4.79 Å². The van der Waals surface area contributed by atoms with Crippen molar-refractivity contribution in [2.24, 2.45) is 0 Å². The van der Waals surface area contributed by atoms with Crippen molar-refractivity contribution in [3.8, 4) is 0 Å². The zero-order valence-corrected chi connectivity index (χ0v) is 11.7. The fourth-order valence-electron chi connectivity index (χ4n) is 1.80. The zero-order chi connectivity index (χ0) is 15.1. The lowest BCUT2D eigenvalue weighted by Gasteiger charge is -2.11. The van der Waals surface area contributed by atoms with Crippen LogP contribution in [0.2, 0.25) is 0 Å². The minimum absolute atomic E-state index is 0.199. The summed E-state index contributed by atoms with van der Waals surface area (Å²) in [6.07, 6.45) is -0.148. The molecule has 0 saturated heterocycles. The highest BCUT2D eigenvalue weighted by Crippen LogP contribution is 2.14. The van der Waals surface area contributed by atoms with Crippen LogP contribution in [0.15, 0.2) is 34.9 Å². The molecular weight excluding hydrogens is 272 g/mol. The van der Waals surface area contributed by atoms with Crippen molar-refractivity contribution in [2.75, 3.05) is 6.54 Å². The Morgan fingerprint density at radius 1 is 1.33 bits per heavy atom. The van der Waals surface area contributed by atoms with Crippen LogP contribution >= 0.6 is 0 Å². The van der Waals surface area contributed by atoms with Gasteiger partial charge in [-0.25, -0.2) is 4.79 Å². The van der Waals surface area contributed by atoms with E-state index in [1.807, 2.05) is 30.3 Å². The van der Waals surface area contributed by atoms with Crippen LogP contribution in [0.25, 0.3) is 0 Å². The first-order valence-corrected chi connectivity index (χ1v) is 6.69. The highest BCUT2D eigenvalue weighted by Gasteiger charge is 2.08. The molecule has 0 spiro atoms. The van der Waals surface area contributed by atoms with Gasteiger partial charge in [-0.2, -0.15) is 4.98 Å². The number of carbonyl (C=O) groups excluding carboxylic acids is 1. The lowest BCUT2D eigenvalue weighted by atomic mass is 10.1. The molecule has 3 N–H and O–H groups in total. The summed E-state index contributed by atoms with van der Waals surface area (Å²) < 4.78 is 4.79. The first kappa shape index (κ1) is 15.0. The summed E-state index contributed by atoms with van der Waals surface area (Å²) in [5, 5.41) is 18.9. The van der Waals surface area contributed by atoms with E-state index >= 15 is 0 Å². The normalized spacial score (nSPS) is 11.9. The molecule has 2 aromatic rings. The summed E-state index contributed by atoms with van der Waals surface area (Å²) in [4.78, 5) is 15.5.